The van der Waals surface area contributed by atoms with Gasteiger partial charge in [-0.15, -0.1) is 0 Å². The second-order valence-corrected chi connectivity index (χ2v) is 0. The third-order valence-corrected chi connectivity index (χ3v) is 0. The van der Waals surface area contributed by atoms with Crippen molar-refractivity contribution in [2.24, 2.45) is 0 Å². The van der Waals surface area contributed by atoms with E-state index in [9.17, 15) is 0 Å². The predicted octanol–water partition coefficient (Wildman–Crippen LogP) is -0.119. The largest absolute Gasteiger partial charge is 3.00 e. The molecule has 0 atom stereocenters. The molecule has 0 fully saturated rings. The molecule has 0 N–H and O–H groups in total. The molecule has 0 bridgehead atoms. The molecule has 0 aromatic rings. The van der Waals surface area contributed by atoms with Crippen LogP contribution in [0, 0.1) is 118 Å². The fraction of sp³-hybridized carbons (Fsp3) is 0. The molecule has 2 radical (unpaired) electrons. The van der Waals surface area contributed by atoms with Gasteiger partial charge in [-0.2, -0.15) is 0 Å². The summed E-state index contributed by atoms with van der Waals surface area (Å²) in [6, 6.07) is 0. The van der Waals surface area contributed by atoms with E-state index in [1.165, 1.54) is 0 Å². The van der Waals surface area contributed by atoms with Crippen LogP contribution in [0.4, 0.5) is 0 Å². The Morgan fingerprint density at radius 3 is 1.00 bits per heavy atom. The van der Waals surface area contributed by atoms with Crippen LogP contribution in [0.2, 0.25) is 0 Å². The van der Waals surface area contributed by atoms with Crippen LogP contribution in [0.1, 0.15) is 0 Å². The summed E-state index contributed by atoms with van der Waals surface area (Å²) in [4.78, 5) is 0. The zero-order valence-corrected chi connectivity index (χ0v) is 11.3. The van der Waals surface area contributed by atoms with Gasteiger partial charge in [0.25, 0.3) is 0 Å². The van der Waals surface area contributed by atoms with Crippen molar-refractivity contribution >= 4 is 0 Å². The summed E-state index contributed by atoms with van der Waals surface area (Å²) in [5.41, 5.74) is 0. The van der Waals surface area contributed by atoms with E-state index >= 15 is 0 Å². The first-order chi connectivity index (χ1) is 0. The van der Waals surface area contributed by atoms with Gasteiger partial charge in [0.1, 0.15) is 0 Å². The first-order valence-corrected chi connectivity index (χ1v) is 0. The van der Waals surface area contributed by atoms with Crippen molar-refractivity contribution in [1.29, 1.82) is 0 Å². The predicted molar refractivity (Wildman–Crippen MR) is 0.686 cm³/mol. The van der Waals surface area contributed by atoms with Gasteiger partial charge in [-0.25, -0.2) is 0 Å². The number of rotatable bonds is 0. The van der Waals surface area contributed by atoms with E-state index in [0.29, 0.717) is 0 Å². The van der Waals surface area contributed by atoms with Crippen LogP contribution in [-0.2, 0) is 5.48 Å². The maximum absolute atomic E-state index is 0. The molecule has 0 aliphatic heterocycles. The Labute approximate surface area is 119 Å². The first kappa shape index (κ1) is 24.8. The van der Waals surface area contributed by atoms with Crippen molar-refractivity contribution in [3.63, 3.8) is 0 Å². The van der Waals surface area contributed by atoms with Crippen LogP contribution in [0.25, 0.3) is 0 Å². The molecular weight excluding hydrogens is 445 g/mol. The van der Waals surface area contributed by atoms with E-state index in [1.807, 2.05) is 0 Å². The molecule has 0 rings (SSSR count). The minimum atomic E-state index is 0. The minimum Gasteiger partial charge on any atom is -2.00 e. The van der Waals surface area contributed by atoms with Crippen LogP contribution in [0.15, 0.2) is 0 Å². The van der Waals surface area contributed by atoms with E-state index in [-0.39, 0.29) is 123 Å². The van der Waals surface area contributed by atoms with Gasteiger partial charge in [-0.3, -0.25) is 0 Å². The van der Waals surface area contributed by atoms with Gasteiger partial charge in [-0.05, 0) is 0 Å². The van der Waals surface area contributed by atoms with Gasteiger partial charge < -0.3 is 5.48 Å². The monoisotopic (exact) mass is 447 g/mol. The summed E-state index contributed by atoms with van der Waals surface area (Å²) >= 11 is 0. The zero-order valence-electron chi connectivity index (χ0n) is 1.89. The van der Waals surface area contributed by atoms with Gasteiger partial charge in [0.2, 0.25) is 0 Å². The summed E-state index contributed by atoms with van der Waals surface area (Å²) in [5.74, 6) is 0. The Balaban J connectivity index is 0. The topological polar surface area (TPSA) is 28.5 Å². The third kappa shape index (κ3) is 9.29. The average Bonchev–Trinajstić information content (AvgIpc) is 0. The van der Waals surface area contributed by atoms with Crippen LogP contribution >= 0.6 is 0 Å². The Kier molecular flexibility index (Phi) is 98.0. The molecule has 0 amide bonds. The van der Waals surface area contributed by atoms with Crippen LogP contribution in [0.5, 0.6) is 0 Å². The fourth-order valence-electron chi connectivity index (χ4n) is 0. The molecule has 12 valence electrons. The Hall–Kier alpha value is 3.87. The smallest absolute Gasteiger partial charge is 2.00 e. The van der Waals surface area contributed by atoms with Crippen LogP contribution in [-0.4, -0.2) is 0 Å². The summed E-state index contributed by atoms with van der Waals surface area (Å²) in [6.45, 7) is 0. The van der Waals surface area contributed by atoms with Crippen molar-refractivity contribution in [2.75, 3.05) is 0 Å². The maximum Gasteiger partial charge on any atom is 3.00 e. The molecule has 0 saturated heterocycles. The molecule has 0 aliphatic carbocycles. The molecular formula is CeLaOSm+7. The third-order valence-electron chi connectivity index (χ3n) is 0. The quantitative estimate of drug-likeness (QED) is 0.498. The molecule has 4 heteroatoms. The summed E-state index contributed by atoms with van der Waals surface area (Å²) in [5, 5.41) is 0. The van der Waals surface area contributed by atoms with Crippen LogP contribution < -0.4 is 0 Å². The van der Waals surface area contributed by atoms with E-state index in [1.54, 1.807) is 0 Å². The molecule has 0 unspecified atom stereocenters. The van der Waals surface area contributed by atoms with Gasteiger partial charge in [0.05, 0.1) is 0 Å². The summed E-state index contributed by atoms with van der Waals surface area (Å²) in [7, 11) is 0. The number of hydrogen-bond donors (Lipinski definition) is 0. The second-order valence-electron chi connectivity index (χ2n) is 0. The normalized spacial score (nSPS) is 0. The Morgan fingerprint density at radius 1 is 1.00 bits per heavy atom. The van der Waals surface area contributed by atoms with Gasteiger partial charge in [-0.1, -0.05) is 0 Å². The second kappa shape index (κ2) is 15.8. The van der Waals surface area contributed by atoms with E-state index in [0.717, 1.165) is 0 Å². The van der Waals surface area contributed by atoms with Gasteiger partial charge >= 0.3 is 118 Å². The Morgan fingerprint density at radius 2 is 1.00 bits per heavy atom. The van der Waals surface area contributed by atoms with E-state index in [2.05, 4.69) is 0 Å². The molecule has 4 heavy (non-hydrogen) atoms. The molecule has 1 nitrogen and oxygen atoms in total. The molecule has 0 heterocycles. The van der Waals surface area contributed by atoms with E-state index in [4.69, 9.17) is 0 Å². The summed E-state index contributed by atoms with van der Waals surface area (Å²) in [6.07, 6.45) is 0. The van der Waals surface area contributed by atoms with Crippen molar-refractivity contribution < 1.29 is 123 Å². The number of hydrogen-bond acceptors (Lipinski definition) is 0. The minimum absolute atomic E-state index is 0. The van der Waals surface area contributed by atoms with Gasteiger partial charge in [0.15, 0.2) is 0 Å². The molecule has 0 aromatic carbocycles. The SMILES string of the molecule is [Ce+3].[La+3].[O-2].[Sm+3]. The van der Waals surface area contributed by atoms with Crippen LogP contribution in [0.3, 0.4) is 0 Å². The van der Waals surface area contributed by atoms with Gasteiger partial charge in [0, 0.05) is 0 Å². The van der Waals surface area contributed by atoms with E-state index < -0.39 is 0 Å². The molecule has 0 saturated carbocycles. The fourth-order valence-corrected chi connectivity index (χ4v) is 0. The average molecular weight is 445 g/mol. The van der Waals surface area contributed by atoms with Crippen molar-refractivity contribution in [1.82, 2.24) is 0 Å². The zero-order chi connectivity index (χ0) is 0. The molecule has 0 spiro atoms. The Bertz CT molecular complexity index is 8.00. The van der Waals surface area contributed by atoms with Crippen molar-refractivity contribution in [2.45, 2.75) is 0 Å². The maximum atomic E-state index is 0. The standard InChI is InChI=1S/Ce.La.O.Sm/q2*+3;-2;+3. The molecule has 0 aliphatic rings. The van der Waals surface area contributed by atoms with Crippen molar-refractivity contribution in [3.05, 3.63) is 0 Å². The first-order valence-electron chi connectivity index (χ1n) is 0. The molecule has 0 aromatic heterocycles. The summed E-state index contributed by atoms with van der Waals surface area (Å²) < 4.78 is 0. The van der Waals surface area contributed by atoms with Crippen molar-refractivity contribution in [3.8, 4) is 0 Å².